The average molecular weight is 350 g/mol. The van der Waals surface area contributed by atoms with Crippen LogP contribution in [0, 0.1) is 0 Å². The largest absolute Gasteiger partial charge is 0.334 e. The van der Waals surface area contributed by atoms with E-state index in [0.29, 0.717) is 12.4 Å². The van der Waals surface area contributed by atoms with Crippen molar-refractivity contribution < 1.29 is 9.59 Å². The minimum Gasteiger partial charge on any atom is -0.334 e. The summed E-state index contributed by atoms with van der Waals surface area (Å²) in [4.78, 5) is 24.9. The molecule has 2 N–H and O–H groups in total. The van der Waals surface area contributed by atoms with Crippen molar-refractivity contribution in [3.8, 4) is 11.4 Å². The molecule has 0 saturated heterocycles. The maximum absolute atomic E-state index is 11.9. The molecular weight excluding hydrogens is 332 g/mol. The Morgan fingerprint density at radius 1 is 0.962 bits per heavy atom. The second kappa shape index (κ2) is 8.52. The van der Waals surface area contributed by atoms with Gasteiger partial charge in [0.05, 0.1) is 6.54 Å². The van der Waals surface area contributed by atoms with E-state index in [-0.39, 0.29) is 13.0 Å². The van der Waals surface area contributed by atoms with E-state index in [1.54, 1.807) is 0 Å². The number of aromatic nitrogens is 4. The first kappa shape index (κ1) is 17.3. The van der Waals surface area contributed by atoms with Crippen LogP contribution in [0.5, 0.6) is 0 Å². The normalized spacial score (nSPS) is 10.3. The van der Waals surface area contributed by atoms with Gasteiger partial charge in [0, 0.05) is 18.5 Å². The summed E-state index contributed by atoms with van der Waals surface area (Å²) in [6, 6.07) is 18.4. The fraction of sp³-hybridized carbons (Fsp3) is 0.167. The van der Waals surface area contributed by atoms with Gasteiger partial charge in [-0.25, -0.2) is 4.79 Å². The van der Waals surface area contributed by atoms with Gasteiger partial charge in [0.15, 0.2) is 0 Å². The molecule has 0 unspecified atom stereocenters. The Kier molecular flexibility index (Phi) is 5.66. The Balaban J connectivity index is 1.42. The highest BCUT2D eigenvalue weighted by Gasteiger charge is 2.10. The maximum atomic E-state index is 11.9. The summed E-state index contributed by atoms with van der Waals surface area (Å²) in [6.45, 7) is 0.586. The van der Waals surface area contributed by atoms with Gasteiger partial charge >= 0.3 is 6.03 Å². The average Bonchev–Trinajstić information content (AvgIpc) is 3.15. The molecule has 0 saturated carbocycles. The van der Waals surface area contributed by atoms with E-state index in [2.05, 4.69) is 26.0 Å². The molecule has 0 aliphatic carbocycles. The van der Waals surface area contributed by atoms with Gasteiger partial charge in [0.1, 0.15) is 0 Å². The number of urea groups is 1. The van der Waals surface area contributed by atoms with Crippen LogP contribution in [-0.4, -0.2) is 32.1 Å². The molecule has 1 heterocycles. The van der Waals surface area contributed by atoms with Crippen molar-refractivity contribution in [2.45, 2.75) is 19.5 Å². The Bertz CT molecular complexity index is 864. The van der Waals surface area contributed by atoms with Crippen molar-refractivity contribution in [1.82, 2.24) is 30.8 Å². The van der Waals surface area contributed by atoms with Crippen molar-refractivity contribution in [1.29, 1.82) is 0 Å². The van der Waals surface area contributed by atoms with Crippen LogP contribution in [-0.2, 0) is 17.9 Å². The number of hydrogen-bond donors (Lipinski definition) is 2. The molecule has 132 valence electrons. The minimum atomic E-state index is -0.532. The van der Waals surface area contributed by atoms with Crippen molar-refractivity contribution >= 4 is 11.9 Å². The van der Waals surface area contributed by atoms with Gasteiger partial charge in [0.2, 0.25) is 11.7 Å². The standard InChI is InChI=1S/C18H18N6O2/c25-16(20-18(26)19-13-14-7-3-1-4-8-14)11-12-24-22-17(21-23-24)15-9-5-2-6-10-15/h1-10H,11-13H2,(H2,19,20,25,26). The molecule has 3 amide bonds. The lowest BCUT2D eigenvalue weighted by molar-refractivity contribution is -0.120. The molecule has 0 spiro atoms. The van der Waals surface area contributed by atoms with Crippen LogP contribution in [0.25, 0.3) is 11.4 Å². The van der Waals surface area contributed by atoms with Gasteiger partial charge in [-0.3, -0.25) is 10.1 Å². The van der Waals surface area contributed by atoms with Gasteiger partial charge in [-0.15, -0.1) is 10.2 Å². The summed E-state index contributed by atoms with van der Waals surface area (Å²) in [7, 11) is 0. The summed E-state index contributed by atoms with van der Waals surface area (Å²) in [5, 5.41) is 17.0. The Labute approximate surface area is 150 Å². The monoisotopic (exact) mass is 350 g/mol. The molecule has 26 heavy (non-hydrogen) atoms. The highest BCUT2D eigenvalue weighted by molar-refractivity contribution is 5.94. The third kappa shape index (κ3) is 4.97. The van der Waals surface area contributed by atoms with Crippen LogP contribution in [0.3, 0.4) is 0 Å². The zero-order chi connectivity index (χ0) is 18.2. The number of imide groups is 1. The van der Waals surface area contributed by atoms with E-state index in [4.69, 9.17) is 0 Å². The second-order valence-corrected chi connectivity index (χ2v) is 5.54. The van der Waals surface area contributed by atoms with Gasteiger partial charge < -0.3 is 5.32 Å². The SMILES string of the molecule is O=C(CCn1nnc(-c2ccccc2)n1)NC(=O)NCc1ccccc1. The zero-order valence-electron chi connectivity index (χ0n) is 14.0. The molecular formula is C18H18N6O2. The lowest BCUT2D eigenvalue weighted by Gasteiger charge is -2.06. The summed E-state index contributed by atoms with van der Waals surface area (Å²) in [6.07, 6.45) is 0.0728. The Morgan fingerprint density at radius 3 is 2.38 bits per heavy atom. The summed E-state index contributed by atoms with van der Waals surface area (Å²) < 4.78 is 0. The van der Waals surface area contributed by atoms with Gasteiger partial charge in [-0.1, -0.05) is 60.7 Å². The van der Waals surface area contributed by atoms with Crippen molar-refractivity contribution in [2.24, 2.45) is 0 Å². The van der Waals surface area contributed by atoms with Crippen molar-refractivity contribution in [2.75, 3.05) is 0 Å². The minimum absolute atomic E-state index is 0.0728. The zero-order valence-corrected chi connectivity index (χ0v) is 14.0. The summed E-state index contributed by atoms with van der Waals surface area (Å²) >= 11 is 0. The molecule has 0 aliphatic rings. The maximum Gasteiger partial charge on any atom is 0.321 e. The molecule has 3 rings (SSSR count). The molecule has 0 aliphatic heterocycles. The van der Waals surface area contributed by atoms with E-state index in [1.807, 2.05) is 60.7 Å². The highest BCUT2D eigenvalue weighted by atomic mass is 16.2. The number of rotatable bonds is 6. The molecule has 2 aromatic carbocycles. The van der Waals surface area contributed by atoms with Crippen LogP contribution >= 0.6 is 0 Å². The first-order valence-corrected chi connectivity index (χ1v) is 8.15. The number of hydrogen-bond acceptors (Lipinski definition) is 5. The molecule has 3 aromatic rings. The van der Waals surface area contributed by atoms with E-state index < -0.39 is 11.9 Å². The van der Waals surface area contributed by atoms with Crippen LogP contribution in [0.15, 0.2) is 60.7 Å². The van der Waals surface area contributed by atoms with Crippen LogP contribution in [0.2, 0.25) is 0 Å². The Morgan fingerprint density at radius 2 is 1.65 bits per heavy atom. The number of aryl methyl sites for hydroxylation is 1. The topological polar surface area (TPSA) is 102 Å². The fourth-order valence-electron chi connectivity index (χ4n) is 2.25. The number of benzene rings is 2. The number of carbonyl (C=O) groups is 2. The van der Waals surface area contributed by atoms with Crippen LogP contribution < -0.4 is 10.6 Å². The van der Waals surface area contributed by atoms with E-state index in [9.17, 15) is 9.59 Å². The summed E-state index contributed by atoms with van der Waals surface area (Å²) in [5.41, 5.74) is 1.80. The number of tetrazole rings is 1. The Hall–Kier alpha value is -3.55. The summed E-state index contributed by atoms with van der Waals surface area (Å²) in [5.74, 6) is 0.0840. The second-order valence-electron chi connectivity index (χ2n) is 5.54. The van der Waals surface area contributed by atoms with Gasteiger partial charge in [-0.05, 0) is 10.8 Å². The molecule has 0 fully saturated rings. The van der Waals surface area contributed by atoms with E-state index >= 15 is 0 Å². The third-order valence-corrected chi connectivity index (χ3v) is 3.57. The number of nitrogens with zero attached hydrogens (tertiary/aromatic N) is 4. The van der Waals surface area contributed by atoms with Crippen LogP contribution in [0.4, 0.5) is 4.79 Å². The smallest absolute Gasteiger partial charge is 0.321 e. The number of carbonyl (C=O) groups excluding carboxylic acids is 2. The predicted octanol–water partition coefficient (Wildman–Crippen LogP) is 1.76. The molecule has 8 heteroatoms. The van der Waals surface area contributed by atoms with E-state index in [1.165, 1.54) is 4.80 Å². The quantitative estimate of drug-likeness (QED) is 0.705. The molecule has 0 radical (unpaired) electrons. The first-order chi connectivity index (χ1) is 12.7. The van der Waals surface area contributed by atoms with Gasteiger partial charge in [0.25, 0.3) is 0 Å². The fourth-order valence-corrected chi connectivity index (χ4v) is 2.25. The molecule has 0 atom stereocenters. The molecule has 1 aromatic heterocycles. The lowest BCUT2D eigenvalue weighted by Crippen LogP contribution is -2.39. The lowest BCUT2D eigenvalue weighted by atomic mass is 10.2. The van der Waals surface area contributed by atoms with Crippen LogP contribution in [0.1, 0.15) is 12.0 Å². The molecule has 8 nitrogen and oxygen atoms in total. The highest BCUT2D eigenvalue weighted by Crippen LogP contribution is 2.11. The predicted molar refractivity (Wildman–Crippen MR) is 94.7 cm³/mol. The number of nitrogens with one attached hydrogen (secondary N) is 2. The molecule has 0 bridgehead atoms. The van der Waals surface area contributed by atoms with E-state index in [0.717, 1.165) is 11.1 Å². The van der Waals surface area contributed by atoms with Gasteiger partial charge in [-0.2, -0.15) is 4.80 Å². The van der Waals surface area contributed by atoms with Crippen molar-refractivity contribution in [3.63, 3.8) is 0 Å². The van der Waals surface area contributed by atoms with Crippen molar-refractivity contribution in [3.05, 3.63) is 66.2 Å². The third-order valence-electron chi connectivity index (χ3n) is 3.57. The number of amides is 3. The first-order valence-electron chi connectivity index (χ1n) is 8.15.